The summed E-state index contributed by atoms with van der Waals surface area (Å²) in [7, 11) is 0. The molecule has 0 aliphatic rings. The molecule has 124 valence electrons. The van der Waals surface area contributed by atoms with Crippen LogP contribution >= 0.6 is 11.6 Å². The second kappa shape index (κ2) is 7.57. The number of pyridine rings is 1. The van der Waals surface area contributed by atoms with Gasteiger partial charge in [0.05, 0.1) is 17.1 Å². The number of aromatic nitrogens is 1. The average Bonchev–Trinajstić information content (AvgIpc) is 2.52. The number of nitrogens with two attached hydrogens (primary N) is 1. The number of rotatable bonds is 6. The first kappa shape index (κ1) is 17.4. The van der Waals surface area contributed by atoms with E-state index >= 15 is 0 Å². The van der Waals surface area contributed by atoms with Crippen LogP contribution in [0, 0.1) is 5.82 Å². The van der Waals surface area contributed by atoms with Crippen LogP contribution in [0.5, 0.6) is 0 Å². The number of esters is 1. The molecule has 1 aromatic carbocycles. The second-order valence-electron chi connectivity index (χ2n) is 5.07. The molecule has 2 aromatic rings. The Labute approximate surface area is 137 Å². The fourth-order valence-corrected chi connectivity index (χ4v) is 2.66. The van der Waals surface area contributed by atoms with Gasteiger partial charge in [0.1, 0.15) is 11.4 Å². The zero-order chi connectivity index (χ0) is 17.0. The standard InChI is InChI=1S/C16H18ClFN2O3/c1-2-23-16(22)11-8-20-14-9(5-3-4-6-19)13(17)12(18)7-10(14)15(11)21/h7-8H,2-6,19H2,1H3,(H,20,21). The Morgan fingerprint density at radius 3 is 2.83 bits per heavy atom. The minimum atomic E-state index is -0.740. The lowest BCUT2D eigenvalue weighted by Gasteiger charge is -2.11. The molecule has 0 radical (unpaired) electrons. The Kier molecular flexibility index (Phi) is 5.74. The first-order valence-electron chi connectivity index (χ1n) is 7.40. The smallest absolute Gasteiger partial charge is 0.343 e. The Morgan fingerprint density at radius 1 is 1.43 bits per heavy atom. The van der Waals surface area contributed by atoms with Gasteiger partial charge in [-0.25, -0.2) is 9.18 Å². The first-order valence-corrected chi connectivity index (χ1v) is 7.78. The molecule has 0 aliphatic heterocycles. The van der Waals surface area contributed by atoms with Crippen molar-refractivity contribution in [2.24, 2.45) is 5.73 Å². The van der Waals surface area contributed by atoms with Crippen molar-refractivity contribution in [3.05, 3.63) is 44.5 Å². The molecule has 5 nitrogen and oxygen atoms in total. The quantitative estimate of drug-likeness (QED) is 0.625. The minimum Gasteiger partial charge on any atom is -0.462 e. The molecule has 0 atom stereocenters. The number of benzene rings is 1. The van der Waals surface area contributed by atoms with Gasteiger partial charge >= 0.3 is 5.97 Å². The molecule has 1 aromatic heterocycles. The van der Waals surface area contributed by atoms with Crippen molar-refractivity contribution in [2.75, 3.05) is 13.2 Å². The molecular formula is C16H18ClFN2O3. The number of fused-ring (bicyclic) bond motifs is 1. The molecule has 0 fully saturated rings. The predicted molar refractivity (Wildman–Crippen MR) is 87.5 cm³/mol. The molecule has 0 aliphatic carbocycles. The fourth-order valence-electron chi connectivity index (χ4n) is 2.42. The van der Waals surface area contributed by atoms with E-state index in [4.69, 9.17) is 22.1 Å². The summed E-state index contributed by atoms with van der Waals surface area (Å²) in [5.74, 6) is -1.43. The normalized spacial score (nSPS) is 11.0. The zero-order valence-electron chi connectivity index (χ0n) is 12.7. The minimum absolute atomic E-state index is 0.0194. The molecule has 2 rings (SSSR count). The number of nitrogens with one attached hydrogen (secondary N) is 1. The van der Waals surface area contributed by atoms with Crippen LogP contribution in [0.25, 0.3) is 10.9 Å². The third-order valence-electron chi connectivity index (χ3n) is 3.54. The molecule has 3 N–H and O–H groups in total. The Balaban J connectivity index is 2.60. The van der Waals surface area contributed by atoms with Gasteiger partial charge in [0, 0.05) is 11.6 Å². The van der Waals surface area contributed by atoms with Crippen molar-refractivity contribution in [3.63, 3.8) is 0 Å². The van der Waals surface area contributed by atoms with Crippen LogP contribution in [-0.2, 0) is 11.2 Å². The zero-order valence-corrected chi connectivity index (χ0v) is 13.5. The van der Waals surface area contributed by atoms with E-state index in [2.05, 4.69) is 4.98 Å². The third-order valence-corrected chi connectivity index (χ3v) is 3.95. The van der Waals surface area contributed by atoms with Gasteiger partial charge in [-0.05, 0) is 44.4 Å². The molecule has 0 unspecified atom stereocenters. The molecular weight excluding hydrogens is 323 g/mol. The Hall–Kier alpha value is -1.92. The Bertz CT molecular complexity index is 789. The van der Waals surface area contributed by atoms with Gasteiger partial charge in [0.15, 0.2) is 0 Å². The molecule has 0 spiro atoms. The van der Waals surface area contributed by atoms with Crippen molar-refractivity contribution in [1.29, 1.82) is 0 Å². The summed E-state index contributed by atoms with van der Waals surface area (Å²) in [6.45, 7) is 2.31. The van der Waals surface area contributed by atoms with Crippen LogP contribution in [0.3, 0.4) is 0 Å². The molecule has 0 saturated carbocycles. The second-order valence-corrected chi connectivity index (χ2v) is 5.45. The monoisotopic (exact) mass is 340 g/mol. The molecule has 7 heteroatoms. The first-order chi connectivity index (χ1) is 11.0. The number of halogens is 2. The number of carbonyl (C=O) groups excluding carboxylic acids is 1. The number of H-pyrrole nitrogens is 1. The summed E-state index contributed by atoms with van der Waals surface area (Å²) in [5, 5.41) is 0.0641. The average molecular weight is 341 g/mol. The van der Waals surface area contributed by atoms with E-state index in [-0.39, 0.29) is 22.6 Å². The van der Waals surface area contributed by atoms with Crippen LogP contribution in [0.15, 0.2) is 17.1 Å². The third kappa shape index (κ3) is 3.54. The number of ether oxygens (including phenoxy) is 1. The van der Waals surface area contributed by atoms with E-state index in [9.17, 15) is 14.0 Å². The van der Waals surface area contributed by atoms with E-state index in [1.807, 2.05) is 0 Å². The number of carbonyl (C=O) groups is 1. The molecule has 23 heavy (non-hydrogen) atoms. The van der Waals surface area contributed by atoms with Crippen molar-refractivity contribution in [1.82, 2.24) is 4.98 Å². The van der Waals surface area contributed by atoms with Crippen molar-refractivity contribution >= 4 is 28.5 Å². The van der Waals surface area contributed by atoms with Crippen LogP contribution < -0.4 is 11.2 Å². The molecule has 0 bridgehead atoms. The lowest BCUT2D eigenvalue weighted by atomic mass is 10.0. The number of aromatic amines is 1. The maximum absolute atomic E-state index is 14.1. The van der Waals surface area contributed by atoms with E-state index in [1.165, 1.54) is 6.20 Å². The number of unbranched alkanes of at least 4 members (excludes halogenated alkanes) is 1. The van der Waals surface area contributed by atoms with Crippen molar-refractivity contribution < 1.29 is 13.9 Å². The summed E-state index contributed by atoms with van der Waals surface area (Å²) >= 11 is 6.04. The van der Waals surface area contributed by atoms with Gasteiger partial charge in [-0.2, -0.15) is 0 Å². The van der Waals surface area contributed by atoms with Gasteiger partial charge in [-0.15, -0.1) is 0 Å². The summed E-state index contributed by atoms with van der Waals surface area (Å²) in [6, 6.07) is 1.05. The van der Waals surface area contributed by atoms with Crippen LogP contribution in [0.1, 0.15) is 35.7 Å². The van der Waals surface area contributed by atoms with Crippen LogP contribution in [0.4, 0.5) is 4.39 Å². The van der Waals surface area contributed by atoms with Crippen LogP contribution in [0.2, 0.25) is 5.02 Å². The lowest BCUT2D eigenvalue weighted by molar-refractivity contribution is 0.0524. The summed E-state index contributed by atoms with van der Waals surface area (Å²) in [4.78, 5) is 27.1. The molecule has 0 saturated heterocycles. The SMILES string of the molecule is CCOC(=O)c1c[nH]c2c(CCCCN)c(Cl)c(F)cc2c1=O. The van der Waals surface area contributed by atoms with Gasteiger partial charge in [0.25, 0.3) is 0 Å². The maximum atomic E-state index is 14.1. The fraction of sp³-hybridized carbons (Fsp3) is 0.375. The number of hydrogen-bond donors (Lipinski definition) is 2. The molecule has 1 heterocycles. The van der Waals surface area contributed by atoms with E-state index in [0.717, 1.165) is 18.9 Å². The van der Waals surface area contributed by atoms with Gasteiger partial charge in [0.2, 0.25) is 5.43 Å². The largest absolute Gasteiger partial charge is 0.462 e. The maximum Gasteiger partial charge on any atom is 0.343 e. The van der Waals surface area contributed by atoms with Crippen molar-refractivity contribution in [3.8, 4) is 0 Å². The Morgan fingerprint density at radius 2 is 2.17 bits per heavy atom. The van der Waals surface area contributed by atoms with Gasteiger partial charge < -0.3 is 15.5 Å². The highest BCUT2D eigenvalue weighted by Crippen LogP contribution is 2.28. The highest BCUT2D eigenvalue weighted by Gasteiger charge is 2.19. The summed E-state index contributed by atoms with van der Waals surface area (Å²) in [6.07, 6.45) is 3.25. The van der Waals surface area contributed by atoms with Crippen molar-refractivity contribution in [2.45, 2.75) is 26.2 Å². The summed E-state index contributed by atoms with van der Waals surface area (Å²) < 4.78 is 18.9. The summed E-state index contributed by atoms with van der Waals surface area (Å²) in [5.41, 5.74) is 5.68. The van der Waals surface area contributed by atoms with E-state index in [0.29, 0.717) is 24.0 Å². The molecule has 0 amide bonds. The highest BCUT2D eigenvalue weighted by molar-refractivity contribution is 6.32. The topological polar surface area (TPSA) is 85.2 Å². The predicted octanol–water partition coefficient (Wildman–Crippen LogP) is 2.78. The van der Waals surface area contributed by atoms with Gasteiger partial charge in [-0.3, -0.25) is 4.79 Å². The van der Waals surface area contributed by atoms with E-state index in [1.54, 1.807) is 6.92 Å². The lowest BCUT2D eigenvalue weighted by Crippen LogP contribution is -2.19. The van der Waals surface area contributed by atoms with Crippen LogP contribution in [-0.4, -0.2) is 24.1 Å². The van der Waals surface area contributed by atoms with Gasteiger partial charge in [-0.1, -0.05) is 11.6 Å². The van der Waals surface area contributed by atoms with E-state index < -0.39 is 17.2 Å². The highest BCUT2D eigenvalue weighted by atomic mass is 35.5. The number of hydrogen-bond acceptors (Lipinski definition) is 4. The number of aryl methyl sites for hydroxylation is 1.